The Morgan fingerprint density at radius 1 is 0.976 bits per heavy atom. The van der Waals surface area contributed by atoms with Crippen molar-refractivity contribution in [3.05, 3.63) is 95.6 Å². The summed E-state index contributed by atoms with van der Waals surface area (Å²) < 4.78 is 10.7. The molecule has 11 nitrogen and oxygen atoms in total. The molecule has 1 saturated heterocycles. The molecule has 0 unspecified atom stereocenters. The molecule has 0 bridgehead atoms. The molecular formula is C31H34N6O5. The fourth-order valence-electron chi connectivity index (χ4n) is 4.97. The molecule has 1 fully saturated rings. The number of nitrogens with zero attached hydrogens (tertiary/aromatic N) is 3. The molecule has 0 saturated carbocycles. The van der Waals surface area contributed by atoms with E-state index < -0.39 is 24.1 Å². The van der Waals surface area contributed by atoms with Gasteiger partial charge in [0.25, 0.3) is 0 Å². The summed E-state index contributed by atoms with van der Waals surface area (Å²) in [5, 5.41) is 7.33. The first-order chi connectivity index (χ1) is 20.4. The topological polar surface area (TPSA) is 157 Å². The van der Waals surface area contributed by atoms with Crippen LogP contribution in [0.25, 0.3) is 11.0 Å². The largest absolute Gasteiger partial charge is 0.445 e. The van der Waals surface area contributed by atoms with Crippen molar-refractivity contribution in [2.24, 2.45) is 5.73 Å². The van der Waals surface area contributed by atoms with Gasteiger partial charge in [0.1, 0.15) is 12.6 Å². The third-order valence-corrected chi connectivity index (χ3v) is 7.36. The van der Waals surface area contributed by atoms with E-state index in [0.717, 1.165) is 16.7 Å². The number of amides is 3. The Hall–Kier alpha value is -4.90. The number of nitrogens with one attached hydrogen (secondary N) is 1. The van der Waals surface area contributed by atoms with Crippen LogP contribution in [0, 0.1) is 0 Å². The zero-order chi connectivity index (χ0) is 29.5. The Kier molecular flexibility index (Phi) is 8.98. The van der Waals surface area contributed by atoms with Gasteiger partial charge in [-0.05, 0) is 41.7 Å². The summed E-state index contributed by atoms with van der Waals surface area (Å²) in [6, 6.07) is 22.7. The second-order valence-electron chi connectivity index (χ2n) is 10.3. The highest BCUT2D eigenvalue weighted by atomic mass is 16.6. The van der Waals surface area contributed by atoms with E-state index in [9.17, 15) is 14.4 Å². The summed E-state index contributed by atoms with van der Waals surface area (Å²) in [5.41, 5.74) is 15.3. The Balaban J connectivity index is 1.26. The second kappa shape index (κ2) is 13.2. The number of carbonyl (C=O) groups excluding carboxylic acids is 3. The van der Waals surface area contributed by atoms with Crippen LogP contribution in [0.15, 0.2) is 83.4 Å². The summed E-state index contributed by atoms with van der Waals surface area (Å²) in [6.45, 7) is 0.632. The minimum atomic E-state index is -0.942. The Labute approximate surface area is 243 Å². The lowest BCUT2D eigenvalue weighted by molar-refractivity contribution is -0.144. The van der Waals surface area contributed by atoms with Gasteiger partial charge in [0.05, 0.1) is 18.0 Å². The highest BCUT2D eigenvalue weighted by Crippen LogP contribution is 2.21. The van der Waals surface area contributed by atoms with Crippen LogP contribution in [0.5, 0.6) is 0 Å². The quantitative estimate of drug-likeness (QED) is 0.277. The predicted octanol–water partition coefficient (Wildman–Crippen LogP) is 2.84. The van der Waals surface area contributed by atoms with Gasteiger partial charge in [-0.1, -0.05) is 71.9 Å². The van der Waals surface area contributed by atoms with Crippen molar-refractivity contribution in [3.8, 4) is 0 Å². The number of piperazine rings is 1. The minimum Gasteiger partial charge on any atom is -0.445 e. The molecule has 0 spiro atoms. The number of hydrogen-bond donors (Lipinski definition) is 3. The van der Waals surface area contributed by atoms with E-state index in [2.05, 4.69) is 10.5 Å². The zero-order valence-corrected chi connectivity index (χ0v) is 23.1. The number of benzene rings is 3. The molecule has 2 heterocycles. The highest BCUT2D eigenvalue weighted by Gasteiger charge is 2.39. The molecule has 3 amide bonds. The molecule has 4 aromatic rings. The van der Waals surface area contributed by atoms with Gasteiger partial charge in [0.2, 0.25) is 11.8 Å². The third kappa shape index (κ3) is 6.87. The van der Waals surface area contributed by atoms with Gasteiger partial charge in [0.15, 0.2) is 11.4 Å². The number of fused-ring (bicyclic) bond motifs is 1. The van der Waals surface area contributed by atoms with E-state index in [-0.39, 0.29) is 38.7 Å². The standard InChI is InChI=1S/C31H34N6O5/c32-25(14-12-21-7-3-1-4-8-21)30(39)37-16-15-36(31(40)41-20-22-9-5-2-6-10-22)19-26(37)29(38)34-18-23-11-13-24-27(17-23)42-35-28(24)33/h1-11,13,17,25-26H,12,14-16,18-20,32H2,(H2,33,35)(H,34,38)/t25-,26+/m1/s1. The summed E-state index contributed by atoms with van der Waals surface area (Å²) in [6.07, 6.45) is 0.507. The number of aromatic nitrogens is 1. The second-order valence-corrected chi connectivity index (χ2v) is 10.3. The van der Waals surface area contributed by atoms with Gasteiger partial charge in [-0.15, -0.1) is 0 Å². The van der Waals surface area contributed by atoms with E-state index in [1.165, 1.54) is 9.80 Å². The molecule has 1 aliphatic heterocycles. The monoisotopic (exact) mass is 570 g/mol. The van der Waals surface area contributed by atoms with Crippen LogP contribution in [0.1, 0.15) is 23.1 Å². The number of nitrogens with two attached hydrogens (primary N) is 2. The summed E-state index contributed by atoms with van der Waals surface area (Å²) in [4.78, 5) is 42.9. The summed E-state index contributed by atoms with van der Waals surface area (Å²) >= 11 is 0. The molecule has 1 aromatic heterocycles. The maximum absolute atomic E-state index is 13.5. The number of anilines is 1. The average molecular weight is 571 g/mol. The maximum atomic E-state index is 13.5. The van der Waals surface area contributed by atoms with Crippen molar-refractivity contribution in [2.75, 3.05) is 25.4 Å². The maximum Gasteiger partial charge on any atom is 0.410 e. The van der Waals surface area contributed by atoms with Crippen molar-refractivity contribution in [3.63, 3.8) is 0 Å². The van der Waals surface area contributed by atoms with E-state index >= 15 is 0 Å². The predicted molar refractivity (Wildman–Crippen MR) is 157 cm³/mol. The Bertz CT molecular complexity index is 1530. The summed E-state index contributed by atoms with van der Waals surface area (Å²) in [7, 11) is 0. The number of aryl methyl sites for hydroxylation is 1. The molecule has 5 N–H and O–H groups in total. The highest BCUT2D eigenvalue weighted by molar-refractivity contribution is 5.91. The van der Waals surface area contributed by atoms with E-state index in [1.54, 1.807) is 12.1 Å². The lowest BCUT2D eigenvalue weighted by Crippen LogP contribution is -2.63. The first-order valence-electron chi connectivity index (χ1n) is 13.9. The van der Waals surface area contributed by atoms with E-state index in [4.69, 9.17) is 20.7 Å². The number of ether oxygens (including phenoxy) is 1. The fraction of sp³-hybridized carbons (Fsp3) is 0.290. The average Bonchev–Trinajstić information content (AvgIpc) is 3.41. The molecular weight excluding hydrogens is 536 g/mol. The lowest BCUT2D eigenvalue weighted by Gasteiger charge is -2.41. The van der Waals surface area contributed by atoms with Gasteiger partial charge < -0.3 is 35.8 Å². The fourth-order valence-corrected chi connectivity index (χ4v) is 4.97. The molecule has 0 radical (unpaired) electrons. The van der Waals surface area contributed by atoms with Gasteiger partial charge in [0, 0.05) is 19.6 Å². The molecule has 218 valence electrons. The number of rotatable bonds is 9. The van der Waals surface area contributed by atoms with Crippen LogP contribution >= 0.6 is 0 Å². The van der Waals surface area contributed by atoms with Crippen molar-refractivity contribution in [1.29, 1.82) is 0 Å². The number of hydrogen-bond acceptors (Lipinski definition) is 8. The van der Waals surface area contributed by atoms with Gasteiger partial charge in [-0.25, -0.2) is 4.79 Å². The van der Waals surface area contributed by atoms with Crippen LogP contribution in [0.2, 0.25) is 0 Å². The molecule has 2 atom stereocenters. The minimum absolute atomic E-state index is 0.0196. The van der Waals surface area contributed by atoms with Crippen LogP contribution in [-0.2, 0) is 33.9 Å². The molecule has 42 heavy (non-hydrogen) atoms. The van der Waals surface area contributed by atoms with Crippen molar-refractivity contribution >= 4 is 34.7 Å². The molecule has 1 aliphatic rings. The van der Waals surface area contributed by atoms with Crippen LogP contribution < -0.4 is 16.8 Å². The lowest BCUT2D eigenvalue weighted by atomic mass is 10.0. The number of nitrogen functional groups attached to an aromatic ring is 1. The molecule has 11 heteroatoms. The van der Waals surface area contributed by atoms with Gasteiger partial charge >= 0.3 is 6.09 Å². The van der Waals surface area contributed by atoms with Crippen molar-refractivity contribution in [1.82, 2.24) is 20.3 Å². The molecule has 0 aliphatic carbocycles. The van der Waals surface area contributed by atoms with Crippen molar-refractivity contribution in [2.45, 2.75) is 38.1 Å². The Morgan fingerprint density at radius 3 is 2.43 bits per heavy atom. The van der Waals surface area contributed by atoms with Gasteiger partial charge in [-0.3, -0.25) is 9.59 Å². The third-order valence-electron chi connectivity index (χ3n) is 7.36. The van der Waals surface area contributed by atoms with E-state index in [1.807, 2.05) is 66.7 Å². The Morgan fingerprint density at radius 2 is 1.69 bits per heavy atom. The summed E-state index contributed by atoms with van der Waals surface area (Å²) in [5.74, 6) is -0.446. The first-order valence-corrected chi connectivity index (χ1v) is 13.9. The van der Waals surface area contributed by atoms with Crippen LogP contribution in [-0.4, -0.2) is 64.6 Å². The molecule has 3 aromatic carbocycles. The SMILES string of the molecule is Nc1noc2cc(CNC(=O)[C@@H]3CN(C(=O)OCc4ccccc4)CCN3C(=O)[C@H](N)CCc3ccccc3)ccc12. The van der Waals surface area contributed by atoms with E-state index in [0.29, 0.717) is 29.6 Å². The van der Waals surface area contributed by atoms with Gasteiger partial charge in [-0.2, -0.15) is 0 Å². The number of carbonyl (C=O) groups is 3. The van der Waals surface area contributed by atoms with Crippen LogP contribution in [0.3, 0.4) is 0 Å². The smallest absolute Gasteiger partial charge is 0.410 e. The normalized spacial score (nSPS) is 15.8. The van der Waals surface area contributed by atoms with Crippen LogP contribution in [0.4, 0.5) is 10.6 Å². The molecule has 5 rings (SSSR count). The van der Waals surface area contributed by atoms with Crippen molar-refractivity contribution < 1.29 is 23.6 Å². The zero-order valence-electron chi connectivity index (χ0n) is 23.1. The first kappa shape index (κ1) is 28.6.